The summed E-state index contributed by atoms with van der Waals surface area (Å²) < 4.78 is 42.2. The van der Waals surface area contributed by atoms with Crippen LogP contribution in [0.25, 0.3) is 27.9 Å². The van der Waals surface area contributed by atoms with Crippen LogP contribution in [0, 0.1) is 6.92 Å². The van der Waals surface area contributed by atoms with Crippen LogP contribution < -0.4 is 5.56 Å². The first-order valence-electron chi connectivity index (χ1n) is 7.65. The van der Waals surface area contributed by atoms with E-state index in [9.17, 15) is 18.0 Å². The van der Waals surface area contributed by atoms with Gasteiger partial charge >= 0.3 is 6.18 Å². The number of halogens is 3. The SMILES string of the molecule is Cc1cccnc1-n1c(=O)c2ncn(C)c2c2ccc(C(F)(F)F)nc21. The average molecular weight is 359 g/mol. The molecule has 9 heteroatoms. The standard InChI is InChI=1S/C17H12F3N5O/c1-9-4-3-7-21-14(9)25-15-10(5-6-11(23-15)17(18,19)20)13-12(16(25)26)22-8-24(13)2/h3-8H,1-2H3. The lowest BCUT2D eigenvalue weighted by Crippen LogP contribution is -2.23. The Morgan fingerprint density at radius 2 is 1.88 bits per heavy atom. The van der Waals surface area contributed by atoms with Crippen molar-refractivity contribution in [2.75, 3.05) is 0 Å². The molecule has 0 atom stereocenters. The van der Waals surface area contributed by atoms with Crippen LogP contribution >= 0.6 is 0 Å². The number of aromatic nitrogens is 5. The van der Waals surface area contributed by atoms with E-state index < -0.39 is 17.4 Å². The van der Waals surface area contributed by atoms with E-state index in [-0.39, 0.29) is 17.0 Å². The Kier molecular flexibility index (Phi) is 3.36. The molecule has 4 rings (SSSR count). The summed E-state index contributed by atoms with van der Waals surface area (Å²) in [5.74, 6) is 0.224. The molecule has 0 spiro atoms. The van der Waals surface area contributed by atoms with Crippen LogP contribution in [0.3, 0.4) is 0 Å². The van der Waals surface area contributed by atoms with E-state index in [4.69, 9.17) is 0 Å². The lowest BCUT2D eigenvalue weighted by atomic mass is 10.2. The Hall–Kier alpha value is -3.23. The minimum atomic E-state index is -4.63. The van der Waals surface area contributed by atoms with Crippen molar-refractivity contribution in [2.24, 2.45) is 7.05 Å². The summed E-state index contributed by atoms with van der Waals surface area (Å²) in [6, 6.07) is 5.61. The highest BCUT2D eigenvalue weighted by molar-refractivity contribution is 6.01. The van der Waals surface area contributed by atoms with Gasteiger partial charge in [0.1, 0.15) is 11.5 Å². The molecule has 26 heavy (non-hydrogen) atoms. The van der Waals surface area contributed by atoms with Gasteiger partial charge in [0.05, 0.1) is 11.8 Å². The molecule has 0 amide bonds. The Bertz CT molecular complexity index is 1220. The molecule has 132 valence electrons. The molecule has 0 aliphatic carbocycles. The number of rotatable bonds is 1. The van der Waals surface area contributed by atoms with Crippen molar-refractivity contribution < 1.29 is 13.2 Å². The number of fused-ring (bicyclic) bond motifs is 3. The quantitative estimate of drug-likeness (QED) is 0.524. The van der Waals surface area contributed by atoms with E-state index in [0.717, 1.165) is 10.6 Å². The fourth-order valence-electron chi connectivity index (χ4n) is 2.98. The van der Waals surface area contributed by atoms with Gasteiger partial charge in [0, 0.05) is 18.6 Å². The number of aryl methyl sites for hydroxylation is 2. The number of nitrogens with zero attached hydrogens (tertiary/aromatic N) is 5. The molecule has 0 bridgehead atoms. The van der Waals surface area contributed by atoms with Crippen LogP contribution in [0.15, 0.2) is 41.6 Å². The summed E-state index contributed by atoms with van der Waals surface area (Å²) >= 11 is 0. The predicted molar refractivity (Wildman–Crippen MR) is 89.1 cm³/mol. The van der Waals surface area contributed by atoms with E-state index in [1.165, 1.54) is 18.6 Å². The van der Waals surface area contributed by atoms with E-state index >= 15 is 0 Å². The highest BCUT2D eigenvalue weighted by atomic mass is 19.4. The Labute approximate surface area is 144 Å². The second-order valence-corrected chi connectivity index (χ2v) is 5.90. The van der Waals surface area contributed by atoms with Crippen LogP contribution in [0.2, 0.25) is 0 Å². The molecule has 0 aromatic carbocycles. The van der Waals surface area contributed by atoms with Crippen molar-refractivity contribution in [2.45, 2.75) is 13.1 Å². The molecule has 4 aromatic heterocycles. The first kappa shape index (κ1) is 16.2. The van der Waals surface area contributed by atoms with Crippen LogP contribution in [0.1, 0.15) is 11.3 Å². The molecule has 0 fully saturated rings. The maximum atomic E-state index is 13.2. The molecule has 0 saturated heterocycles. The third kappa shape index (κ3) is 2.27. The van der Waals surface area contributed by atoms with Crippen molar-refractivity contribution >= 4 is 22.1 Å². The Morgan fingerprint density at radius 1 is 1.12 bits per heavy atom. The van der Waals surface area contributed by atoms with Gasteiger partial charge in [-0.1, -0.05) is 6.07 Å². The van der Waals surface area contributed by atoms with Crippen LogP contribution in [0.5, 0.6) is 0 Å². The molecule has 4 aromatic rings. The van der Waals surface area contributed by atoms with E-state index in [2.05, 4.69) is 15.0 Å². The lowest BCUT2D eigenvalue weighted by Gasteiger charge is -2.14. The summed E-state index contributed by atoms with van der Waals surface area (Å²) in [7, 11) is 1.67. The lowest BCUT2D eigenvalue weighted by molar-refractivity contribution is -0.141. The third-order valence-electron chi connectivity index (χ3n) is 4.17. The van der Waals surface area contributed by atoms with Gasteiger partial charge in [-0.25, -0.2) is 19.5 Å². The Balaban J connectivity index is 2.26. The second kappa shape index (κ2) is 5.38. The zero-order valence-electron chi connectivity index (χ0n) is 13.7. The molecule has 6 nitrogen and oxygen atoms in total. The summed E-state index contributed by atoms with van der Waals surface area (Å²) in [5, 5.41) is 0.387. The minimum Gasteiger partial charge on any atom is -0.333 e. The highest BCUT2D eigenvalue weighted by Gasteiger charge is 2.33. The molecular formula is C17H12F3N5O. The van der Waals surface area contributed by atoms with E-state index in [0.29, 0.717) is 16.5 Å². The fraction of sp³-hybridized carbons (Fsp3) is 0.176. The molecule has 0 aliphatic heterocycles. The van der Waals surface area contributed by atoms with E-state index in [1.807, 2.05) is 0 Å². The maximum Gasteiger partial charge on any atom is 0.433 e. The van der Waals surface area contributed by atoms with Crippen molar-refractivity contribution in [1.29, 1.82) is 0 Å². The smallest absolute Gasteiger partial charge is 0.333 e. The van der Waals surface area contributed by atoms with E-state index in [1.54, 1.807) is 30.7 Å². The second-order valence-electron chi connectivity index (χ2n) is 5.90. The fourth-order valence-corrected chi connectivity index (χ4v) is 2.98. The zero-order valence-corrected chi connectivity index (χ0v) is 13.7. The summed E-state index contributed by atoms with van der Waals surface area (Å²) in [6.07, 6.45) is -1.72. The molecule has 4 heterocycles. The number of imidazole rings is 1. The van der Waals surface area contributed by atoms with Gasteiger partial charge in [-0.3, -0.25) is 4.79 Å². The normalized spacial score (nSPS) is 12.2. The molecular weight excluding hydrogens is 347 g/mol. The first-order chi connectivity index (χ1) is 12.3. The third-order valence-corrected chi connectivity index (χ3v) is 4.17. The first-order valence-corrected chi connectivity index (χ1v) is 7.65. The topological polar surface area (TPSA) is 65.6 Å². The summed E-state index contributed by atoms with van der Waals surface area (Å²) in [5.41, 5.74) is -0.550. The minimum absolute atomic E-state index is 0.109. The molecule has 0 N–H and O–H groups in total. The molecule has 0 saturated carbocycles. The van der Waals surface area contributed by atoms with Crippen molar-refractivity contribution in [1.82, 2.24) is 24.1 Å². The molecule has 0 unspecified atom stereocenters. The monoisotopic (exact) mass is 359 g/mol. The number of hydrogen-bond acceptors (Lipinski definition) is 4. The average Bonchev–Trinajstić information content (AvgIpc) is 2.98. The summed E-state index contributed by atoms with van der Waals surface area (Å²) in [4.78, 5) is 25.0. The number of pyridine rings is 3. The molecule has 0 aliphatic rings. The van der Waals surface area contributed by atoms with Gasteiger partial charge in [-0.05, 0) is 30.7 Å². The van der Waals surface area contributed by atoms with Crippen molar-refractivity contribution in [3.63, 3.8) is 0 Å². The van der Waals surface area contributed by atoms with Gasteiger partial charge < -0.3 is 4.57 Å². The van der Waals surface area contributed by atoms with Gasteiger partial charge in [-0.2, -0.15) is 13.2 Å². The predicted octanol–water partition coefficient (Wildman–Crippen LogP) is 2.99. The van der Waals surface area contributed by atoms with Gasteiger partial charge in [0.2, 0.25) is 0 Å². The highest BCUT2D eigenvalue weighted by Crippen LogP contribution is 2.31. The number of alkyl halides is 3. The van der Waals surface area contributed by atoms with Gasteiger partial charge in [0.25, 0.3) is 5.56 Å². The van der Waals surface area contributed by atoms with Crippen LogP contribution in [-0.4, -0.2) is 24.1 Å². The van der Waals surface area contributed by atoms with Crippen molar-refractivity contribution in [3.8, 4) is 5.82 Å². The molecule has 0 radical (unpaired) electrons. The Morgan fingerprint density at radius 3 is 2.58 bits per heavy atom. The number of hydrogen-bond donors (Lipinski definition) is 0. The van der Waals surface area contributed by atoms with Gasteiger partial charge in [-0.15, -0.1) is 0 Å². The zero-order chi connectivity index (χ0) is 18.6. The van der Waals surface area contributed by atoms with Crippen LogP contribution in [-0.2, 0) is 13.2 Å². The van der Waals surface area contributed by atoms with Crippen molar-refractivity contribution in [3.05, 3.63) is 58.4 Å². The van der Waals surface area contributed by atoms with Gasteiger partial charge in [0.15, 0.2) is 11.2 Å². The largest absolute Gasteiger partial charge is 0.433 e. The van der Waals surface area contributed by atoms with Crippen LogP contribution in [0.4, 0.5) is 13.2 Å². The maximum absolute atomic E-state index is 13.2. The summed E-state index contributed by atoms with van der Waals surface area (Å²) in [6.45, 7) is 1.72.